The number of fused-ring (bicyclic) bond motifs is 1. The van der Waals surface area contributed by atoms with Crippen molar-refractivity contribution >= 4 is 49.3 Å². The Labute approximate surface area is 266 Å². The van der Waals surface area contributed by atoms with Crippen molar-refractivity contribution in [1.82, 2.24) is 24.2 Å². The van der Waals surface area contributed by atoms with E-state index in [-0.39, 0.29) is 30.6 Å². The minimum atomic E-state index is -3.53. The van der Waals surface area contributed by atoms with Crippen LogP contribution in [-0.2, 0) is 21.3 Å². The quantitative estimate of drug-likeness (QED) is 0.213. The van der Waals surface area contributed by atoms with Gasteiger partial charge < -0.3 is 9.64 Å². The number of nitrogens with zero attached hydrogens (tertiary/aromatic N) is 6. The van der Waals surface area contributed by atoms with Gasteiger partial charge in [0, 0.05) is 31.0 Å². The number of rotatable bonds is 8. The third-order valence-electron chi connectivity index (χ3n) is 7.37. The minimum absolute atomic E-state index is 0.146. The van der Waals surface area contributed by atoms with Crippen molar-refractivity contribution in [3.8, 4) is 0 Å². The normalized spacial score (nSPS) is 16.2. The van der Waals surface area contributed by atoms with Gasteiger partial charge in [0.1, 0.15) is 22.6 Å². The van der Waals surface area contributed by atoms with E-state index in [0.717, 1.165) is 12.0 Å². The highest BCUT2D eigenvalue weighted by molar-refractivity contribution is 9.10. The summed E-state index contributed by atoms with van der Waals surface area (Å²) in [5.74, 6) is 0.830. The first-order valence-electron chi connectivity index (χ1n) is 14.5. The van der Waals surface area contributed by atoms with E-state index in [4.69, 9.17) is 9.72 Å². The lowest BCUT2D eigenvalue weighted by atomic mass is 10.2. The second-order valence-electron chi connectivity index (χ2n) is 11.1. The molecule has 3 heterocycles. The topological polar surface area (TPSA) is 122 Å². The molecule has 2 aromatic heterocycles. The number of anilines is 1. The Balaban J connectivity index is 1.50. The van der Waals surface area contributed by atoms with Gasteiger partial charge in [-0.1, -0.05) is 48.5 Å². The number of imidazole rings is 1. The third kappa shape index (κ3) is 6.58. The van der Waals surface area contributed by atoms with E-state index in [1.165, 1.54) is 0 Å². The summed E-state index contributed by atoms with van der Waals surface area (Å²) in [5.41, 5.74) is 1.41. The predicted molar refractivity (Wildman–Crippen MR) is 172 cm³/mol. The van der Waals surface area contributed by atoms with Gasteiger partial charge in [-0.05, 0) is 74.2 Å². The first kappa shape index (κ1) is 31.5. The molecular weight excluding hydrogens is 646 g/mol. The maximum Gasteiger partial charge on any atom is 0.410 e. The van der Waals surface area contributed by atoms with Crippen LogP contribution in [0.3, 0.4) is 0 Å². The van der Waals surface area contributed by atoms with E-state index in [1.54, 1.807) is 52.5 Å². The summed E-state index contributed by atoms with van der Waals surface area (Å²) in [7, 11) is -3.53. The number of likely N-dealkylation sites (tertiary alicyclic amines) is 1. The molecule has 44 heavy (non-hydrogen) atoms. The van der Waals surface area contributed by atoms with Crippen molar-refractivity contribution in [2.75, 3.05) is 11.3 Å². The number of carbonyl (C=O) groups is 2. The number of aromatic nitrogens is 3. The summed E-state index contributed by atoms with van der Waals surface area (Å²) >= 11 is 3.56. The molecule has 5 rings (SSSR count). The minimum Gasteiger partial charge on any atom is -0.445 e. The summed E-state index contributed by atoms with van der Waals surface area (Å²) in [5, 5.41) is 0. The van der Waals surface area contributed by atoms with E-state index in [0.29, 0.717) is 33.8 Å². The Morgan fingerprint density at radius 3 is 2.41 bits per heavy atom. The molecule has 0 aliphatic carbocycles. The van der Waals surface area contributed by atoms with Crippen LogP contribution >= 0.6 is 15.9 Å². The fourth-order valence-corrected chi connectivity index (χ4v) is 7.53. The molecular formula is C31H36BrN7O4S. The highest BCUT2D eigenvalue weighted by Crippen LogP contribution is 2.36. The molecule has 2 aromatic carbocycles. The number of carbonyl (C=O) groups excluding carboxylic acids is 2. The number of hydrogen-bond donors (Lipinski definition) is 1. The van der Waals surface area contributed by atoms with Gasteiger partial charge >= 0.3 is 12.1 Å². The zero-order valence-electron chi connectivity index (χ0n) is 25.1. The zero-order valence-corrected chi connectivity index (χ0v) is 27.5. The average Bonchev–Trinajstić information content (AvgIpc) is 3.61. The number of nitrogens with one attached hydrogen (secondary N) is 1. The molecule has 1 aliphatic rings. The lowest BCUT2D eigenvalue weighted by Gasteiger charge is -2.29. The summed E-state index contributed by atoms with van der Waals surface area (Å²) < 4.78 is 29.8. The first-order chi connectivity index (χ1) is 21.1. The number of benzene rings is 2. The zero-order chi connectivity index (χ0) is 31.4. The molecule has 0 spiro atoms. The molecule has 2 atom stereocenters. The summed E-state index contributed by atoms with van der Waals surface area (Å²) in [6, 6.07) is 16.9. The lowest BCUT2D eigenvalue weighted by Crippen LogP contribution is -2.41. The smallest absolute Gasteiger partial charge is 0.410 e. The molecule has 0 saturated carbocycles. The van der Waals surface area contributed by atoms with Crippen molar-refractivity contribution in [3.05, 3.63) is 89.0 Å². The lowest BCUT2D eigenvalue weighted by molar-refractivity contribution is 0.0907. The van der Waals surface area contributed by atoms with Gasteiger partial charge in [-0.2, -0.15) is 0 Å². The third-order valence-corrected chi connectivity index (χ3v) is 9.72. The molecule has 1 saturated heterocycles. The number of hydrogen-bond acceptors (Lipinski definition) is 6. The van der Waals surface area contributed by atoms with Gasteiger partial charge in [0.2, 0.25) is 0 Å². The number of urea groups is 1. The second kappa shape index (κ2) is 13.3. The molecule has 0 radical (unpaired) electrons. The largest absolute Gasteiger partial charge is 0.445 e. The first-order valence-corrected chi connectivity index (χ1v) is 16.8. The van der Waals surface area contributed by atoms with Gasteiger partial charge in [0.15, 0.2) is 15.7 Å². The maximum absolute atomic E-state index is 14.6. The van der Waals surface area contributed by atoms with E-state index >= 15 is 0 Å². The predicted octanol–water partition coefficient (Wildman–Crippen LogP) is 7.06. The standard InChI is InChI=1S/C31H36BrN7O4S/c1-21(2)39(22(3)4)30(40)36-44(42,24-14-9-6-10-15-24)35-28-26-27(32)34-29(38(26)19-17-33-28)25-16-11-18-37(25)31(41)43-20-23-12-7-5-8-13-23/h5-10,12-15,17,19,21-22,25H,11,16,18,20H2,1-4H3,(H,33,35,36,40,42)/t25-,44?/m0/s1. The van der Waals surface area contributed by atoms with Crippen molar-refractivity contribution in [2.24, 2.45) is 4.36 Å². The fourth-order valence-electron chi connectivity index (χ4n) is 5.45. The number of halogens is 1. The molecule has 13 heteroatoms. The molecule has 4 aromatic rings. The van der Waals surface area contributed by atoms with Crippen molar-refractivity contribution in [2.45, 2.75) is 70.2 Å². The molecule has 1 N–H and O–H groups in total. The molecule has 11 nitrogen and oxygen atoms in total. The molecule has 0 bridgehead atoms. The van der Waals surface area contributed by atoms with Crippen LogP contribution in [0, 0.1) is 0 Å². The average molecular weight is 683 g/mol. The van der Waals surface area contributed by atoms with Gasteiger partial charge in [0.05, 0.1) is 10.9 Å². The van der Waals surface area contributed by atoms with Crippen LogP contribution in [0.5, 0.6) is 0 Å². The molecule has 232 valence electrons. The Morgan fingerprint density at radius 1 is 1.09 bits per heavy atom. The molecule has 1 aliphatic heterocycles. The SMILES string of the molecule is CC(C)N(C(=O)N=S(=O)(Nc1nccn2c([C@@H]3CCCN3C(=O)OCc3ccccc3)nc(Br)c12)c1ccccc1)C(C)C. The molecule has 1 unspecified atom stereocenters. The summed E-state index contributed by atoms with van der Waals surface area (Å²) in [6.07, 6.45) is 4.37. The Kier molecular flexibility index (Phi) is 9.54. The molecule has 1 fully saturated rings. The van der Waals surface area contributed by atoms with Crippen LogP contribution in [0.15, 0.2) is 86.9 Å². The van der Waals surface area contributed by atoms with Crippen molar-refractivity contribution in [3.63, 3.8) is 0 Å². The summed E-state index contributed by atoms with van der Waals surface area (Å²) in [4.78, 5) is 39.4. The Bertz CT molecular complexity index is 1750. The van der Waals surface area contributed by atoms with E-state index in [9.17, 15) is 13.8 Å². The molecule has 3 amide bonds. The van der Waals surface area contributed by atoms with Crippen molar-refractivity contribution in [1.29, 1.82) is 0 Å². The highest BCUT2D eigenvalue weighted by atomic mass is 79.9. The van der Waals surface area contributed by atoms with E-state index in [2.05, 4.69) is 30.0 Å². The Hall–Kier alpha value is -3.97. The monoisotopic (exact) mass is 681 g/mol. The van der Waals surface area contributed by atoms with Crippen LogP contribution in [0.25, 0.3) is 5.52 Å². The van der Waals surface area contributed by atoms with E-state index < -0.39 is 22.0 Å². The Morgan fingerprint density at radius 2 is 1.75 bits per heavy atom. The van der Waals surface area contributed by atoms with Gasteiger partial charge in [-0.15, -0.1) is 4.36 Å². The van der Waals surface area contributed by atoms with Crippen LogP contribution < -0.4 is 4.72 Å². The fraction of sp³-hybridized carbons (Fsp3) is 0.355. The van der Waals surface area contributed by atoms with Crippen molar-refractivity contribution < 1.29 is 18.5 Å². The number of ether oxygens (including phenoxy) is 1. The van der Waals surface area contributed by atoms with Crippen LogP contribution in [0.1, 0.15) is 58.0 Å². The number of amides is 3. The van der Waals surface area contributed by atoms with Crippen LogP contribution in [-0.4, -0.2) is 59.1 Å². The second-order valence-corrected chi connectivity index (χ2v) is 13.7. The van der Waals surface area contributed by atoms with E-state index in [1.807, 2.05) is 62.4 Å². The van der Waals surface area contributed by atoms with Gasteiger partial charge in [0.25, 0.3) is 0 Å². The van der Waals surface area contributed by atoms with Crippen LogP contribution in [0.4, 0.5) is 15.4 Å². The van der Waals surface area contributed by atoms with Gasteiger partial charge in [-0.3, -0.25) is 14.0 Å². The van der Waals surface area contributed by atoms with Crippen LogP contribution in [0.2, 0.25) is 0 Å². The maximum atomic E-state index is 14.6. The summed E-state index contributed by atoms with van der Waals surface area (Å²) in [6.45, 7) is 8.27. The highest BCUT2D eigenvalue weighted by Gasteiger charge is 2.35. The van der Waals surface area contributed by atoms with Gasteiger partial charge in [-0.25, -0.2) is 23.8 Å².